The Morgan fingerprint density at radius 3 is 3.00 bits per heavy atom. The van der Waals surface area contributed by atoms with Crippen LogP contribution in [0.5, 0.6) is 0 Å². The third-order valence-electron chi connectivity index (χ3n) is 3.09. The Morgan fingerprint density at radius 1 is 1.56 bits per heavy atom. The summed E-state index contributed by atoms with van der Waals surface area (Å²) >= 11 is 0. The highest BCUT2D eigenvalue weighted by molar-refractivity contribution is 6.10. The van der Waals surface area contributed by atoms with Gasteiger partial charge >= 0.3 is 5.97 Å². The predicted molar refractivity (Wildman–Crippen MR) is 63.9 cm³/mol. The highest BCUT2D eigenvalue weighted by atomic mass is 16.5. The fourth-order valence-corrected chi connectivity index (χ4v) is 2.18. The number of hydrogen-bond acceptors (Lipinski definition) is 4. The van der Waals surface area contributed by atoms with Crippen molar-refractivity contribution in [3.63, 3.8) is 0 Å². The van der Waals surface area contributed by atoms with Crippen LogP contribution in [0.4, 0.5) is 0 Å². The molecule has 0 aliphatic heterocycles. The van der Waals surface area contributed by atoms with E-state index in [2.05, 4.69) is 0 Å². The second-order valence-corrected chi connectivity index (χ2v) is 4.19. The molecule has 0 amide bonds. The Balaban J connectivity index is 2.32. The lowest BCUT2D eigenvalue weighted by Gasteiger charge is -2.21. The largest absolute Gasteiger partial charge is 0.465 e. The van der Waals surface area contributed by atoms with Crippen LogP contribution in [0.15, 0.2) is 18.2 Å². The molecule has 2 rings (SSSR count). The number of carbonyl (C=O) groups is 2. The van der Waals surface area contributed by atoms with Crippen molar-refractivity contribution in [3.8, 4) is 6.07 Å². The van der Waals surface area contributed by atoms with E-state index in [1.165, 1.54) is 0 Å². The minimum Gasteiger partial charge on any atom is -0.465 e. The summed E-state index contributed by atoms with van der Waals surface area (Å²) in [6.07, 6.45) is 1.15. The van der Waals surface area contributed by atoms with Gasteiger partial charge in [0.2, 0.25) is 0 Å². The first-order chi connectivity index (χ1) is 8.67. The number of nitriles is 1. The van der Waals surface area contributed by atoms with E-state index < -0.39 is 11.9 Å². The summed E-state index contributed by atoms with van der Waals surface area (Å²) < 4.78 is 4.90. The Bertz CT molecular complexity index is 542. The van der Waals surface area contributed by atoms with E-state index in [0.29, 0.717) is 24.0 Å². The van der Waals surface area contributed by atoms with Crippen LogP contribution >= 0.6 is 0 Å². The molecule has 1 unspecified atom stereocenters. The summed E-state index contributed by atoms with van der Waals surface area (Å²) in [5.74, 6) is -1.41. The molecule has 1 aromatic rings. The van der Waals surface area contributed by atoms with Gasteiger partial charge < -0.3 is 4.74 Å². The number of carbonyl (C=O) groups excluding carboxylic acids is 2. The van der Waals surface area contributed by atoms with Gasteiger partial charge in [0.15, 0.2) is 5.78 Å². The minimum atomic E-state index is -0.716. The number of benzene rings is 1. The van der Waals surface area contributed by atoms with Gasteiger partial charge in [0.05, 0.1) is 18.2 Å². The number of rotatable bonds is 2. The molecule has 0 spiro atoms. The third-order valence-corrected chi connectivity index (χ3v) is 3.09. The van der Waals surface area contributed by atoms with Gasteiger partial charge in [-0.1, -0.05) is 6.07 Å². The molecule has 0 N–H and O–H groups in total. The summed E-state index contributed by atoms with van der Waals surface area (Å²) in [6.45, 7) is 1.99. The number of fused-ring (bicyclic) bond motifs is 1. The average Bonchev–Trinajstić information content (AvgIpc) is 2.39. The zero-order valence-corrected chi connectivity index (χ0v) is 10.1. The van der Waals surface area contributed by atoms with Crippen molar-refractivity contribution >= 4 is 11.8 Å². The molecule has 0 radical (unpaired) electrons. The molecular formula is C14H13NO3. The quantitative estimate of drug-likeness (QED) is 0.587. The van der Waals surface area contributed by atoms with E-state index in [1.807, 2.05) is 6.07 Å². The fraction of sp³-hybridized carbons (Fsp3) is 0.357. The monoisotopic (exact) mass is 243 g/mol. The summed E-state index contributed by atoms with van der Waals surface area (Å²) in [5, 5.41) is 8.83. The number of nitrogens with zero attached hydrogens (tertiary/aromatic N) is 1. The topological polar surface area (TPSA) is 67.2 Å². The fourth-order valence-electron chi connectivity index (χ4n) is 2.18. The van der Waals surface area contributed by atoms with Gasteiger partial charge in [-0.3, -0.25) is 9.59 Å². The van der Waals surface area contributed by atoms with Crippen molar-refractivity contribution in [2.75, 3.05) is 6.61 Å². The van der Waals surface area contributed by atoms with Crippen LogP contribution in [0.3, 0.4) is 0 Å². The molecule has 0 heterocycles. The number of Topliss-reactive ketones (excluding diaryl/α,β-unsaturated/α-hetero) is 1. The van der Waals surface area contributed by atoms with E-state index in [1.54, 1.807) is 25.1 Å². The van der Waals surface area contributed by atoms with Crippen LogP contribution in [0.1, 0.15) is 34.8 Å². The molecule has 4 heteroatoms. The van der Waals surface area contributed by atoms with Gasteiger partial charge in [-0.15, -0.1) is 0 Å². The van der Waals surface area contributed by atoms with Crippen molar-refractivity contribution in [2.45, 2.75) is 19.8 Å². The van der Waals surface area contributed by atoms with Crippen molar-refractivity contribution < 1.29 is 14.3 Å². The third kappa shape index (κ3) is 2.12. The van der Waals surface area contributed by atoms with Gasteiger partial charge in [-0.2, -0.15) is 5.26 Å². The molecule has 18 heavy (non-hydrogen) atoms. The summed E-state index contributed by atoms with van der Waals surface area (Å²) in [5.41, 5.74) is 1.82. The lowest BCUT2D eigenvalue weighted by Crippen LogP contribution is -2.31. The number of esters is 1. The smallest absolute Gasteiger partial charge is 0.316 e. The highest BCUT2D eigenvalue weighted by Gasteiger charge is 2.33. The Hall–Kier alpha value is -2.15. The van der Waals surface area contributed by atoms with Gasteiger partial charge in [0.25, 0.3) is 0 Å². The van der Waals surface area contributed by atoms with E-state index in [0.717, 1.165) is 5.56 Å². The molecule has 4 nitrogen and oxygen atoms in total. The van der Waals surface area contributed by atoms with E-state index in [-0.39, 0.29) is 12.4 Å². The number of hydrogen-bond donors (Lipinski definition) is 0. The van der Waals surface area contributed by atoms with Gasteiger partial charge in [0.1, 0.15) is 5.92 Å². The van der Waals surface area contributed by atoms with Crippen LogP contribution in [0, 0.1) is 17.2 Å². The molecule has 0 bridgehead atoms. The lowest BCUT2D eigenvalue weighted by atomic mass is 9.82. The first kappa shape index (κ1) is 12.3. The number of ketones is 1. The first-order valence-corrected chi connectivity index (χ1v) is 5.91. The van der Waals surface area contributed by atoms with Crippen LogP contribution in [0.2, 0.25) is 0 Å². The van der Waals surface area contributed by atoms with Crippen molar-refractivity contribution in [1.29, 1.82) is 5.26 Å². The summed E-state index contributed by atoms with van der Waals surface area (Å²) in [7, 11) is 0. The molecule has 1 aromatic carbocycles. The normalized spacial score (nSPS) is 17.8. The molecule has 1 aliphatic carbocycles. The van der Waals surface area contributed by atoms with Crippen molar-refractivity contribution in [2.24, 2.45) is 5.92 Å². The van der Waals surface area contributed by atoms with E-state index in [4.69, 9.17) is 10.00 Å². The maximum atomic E-state index is 12.2. The van der Waals surface area contributed by atoms with Gasteiger partial charge in [-0.05, 0) is 37.5 Å². The molecule has 0 fully saturated rings. The van der Waals surface area contributed by atoms with Crippen LogP contribution in [-0.4, -0.2) is 18.4 Å². The van der Waals surface area contributed by atoms with Gasteiger partial charge in [0, 0.05) is 5.56 Å². The minimum absolute atomic E-state index is 0.230. The number of aryl methyl sites for hydroxylation is 1. The molecular weight excluding hydrogens is 230 g/mol. The molecule has 1 atom stereocenters. The van der Waals surface area contributed by atoms with Crippen LogP contribution in [0.25, 0.3) is 0 Å². The second kappa shape index (κ2) is 5.01. The van der Waals surface area contributed by atoms with E-state index >= 15 is 0 Å². The maximum absolute atomic E-state index is 12.2. The molecule has 0 aromatic heterocycles. The van der Waals surface area contributed by atoms with Crippen LogP contribution < -0.4 is 0 Å². The molecule has 0 saturated carbocycles. The average molecular weight is 243 g/mol. The van der Waals surface area contributed by atoms with E-state index in [9.17, 15) is 9.59 Å². The van der Waals surface area contributed by atoms with Gasteiger partial charge in [-0.25, -0.2) is 0 Å². The van der Waals surface area contributed by atoms with Crippen molar-refractivity contribution in [1.82, 2.24) is 0 Å². The first-order valence-electron chi connectivity index (χ1n) is 5.91. The Labute approximate surface area is 105 Å². The Morgan fingerprint density at radius 2 is 2.33 bits per heavy atom. The highest BCUT2D eigenvalue weighted by Crippen LogP contribution is 2.27. The lowest BCUT2D eigenvalue weighted by molar-refractivity contribution is -0.146. The second-order valence-electron chi connectivity index (χ2n) is 4.19. The molecule has 1 aliphatic rings. The Kier molecular flexibility index (Phi) is 3.42. The molecule has 92 valence electrons. The number of ether oxygens (including phenoxy) is 1. The standard InChI is InChI=1S/C14H13NO3/c1-2-18-14(17)11-6-5-10-4-3-9(8-15)7-12(10)13(11)16/h3-4,7,11H,2,5-6H2,1H3. The maximum Gasteiger partial charge on any atom is 0.316 e. The predicted octanol–water partition coefficient (Wildman–Crippen LogP) is 1.87. The summed E-state index contributed by atoms with van der Waals surface area (Å²) in [6, 6.07) is 7.03. The zero-order valence-electron chi connectivity index (χ0n) is 10.1. The summed E-state index contributed by atoms with van der Waals surface area (Å²) in [4.78, 5) is 23.9. The molecule has 0 saturated heterocycles. The zero-order chi connectivity index (χ0) is 13.1. The van der Waals surface area contributed by atoms with Crippen LogP contribution in [-0.2, 0) is 16.0 Å². The van der Waals surface area contributed by atoms with Crippen molar-refractivity contribution in [3.05, 3.63) is 34.9 Å². The SMILES string of the molecule is CCOC(=O)C1CCc2ccc(C#N)cc2C1=O.